The smallest absolute Gasteiger partial charge is 0.306 e. The van der Waals surface area contributed by atoms with Crippen LogP contribution in [0.5, 0.6) is 0 Å². The van der Waals surface area contributed by atoms with Crippen molar-refractivity contribution in [3.8, 4) is 0 Å². The van der Waals surface area contributed by atoms with E-state index < -0.39 is 6.10 Å². The largest absolute Gasteiger partial charge is 0.462 e. The highest BCUT2D eigenvalue weighted by Crippen LogP contribution is 2.17. The Morgan fingerprint density at radius 2 is 0.527 bits per heavy atom. The van der Waals surface area contributed by atoms with E-state index in [0.29, 0.717) is 19.3 Å². The first-order valence-corrected chi connectivity index (χ1v) is 32.3. The summed E-state index contributed by atoms with van der Waals surface area (Å²) in [6, 6.07) is 0. The minimum absolute atomic E-state index is 0.0768. The van der Waals surface area contributed by atoms with Gasteiger partial charge in [0.2, 0.25) is 0 Å². The summed E-state index contributed by atoms with van der Waals surface area (Å²) in [7, 11) is 0. The molecule has 0 heterocycles. The van der Waals surface area contributed by atoms with Crippen LogP contribution in [0.15, 0.2) is 60.8 Å². The summed E-state index contributed by atoms with van der Waals surface area (Å²) >= 11 is 0. The molecule has 0 saturated heterocycles. The molecule has 0 saturated carbocycles. The van der Waals surface area contributed by atoms with Crippen LogP contribution in [-0.2, 0) is 28.6 Å². The summed E-state index contributed by atoms with van der Waals surface area (Å²) in [4.78, 5) is 38.3. The predicted octanol–water partition coefficient (Wildman–Crippen LogP) is 21.9. The monoisotopic (exact) mass is 1030 g/mol. The first kappa shape index (κ1) is 71.1. The van der Waals surface area contributed by atoms with Gasteiger partial charge in [0.05, 0.1) is 0 Å². The number of carbonyl (C=O) groups is 3. The SMILES string of the molecule is CC/C=C\C/C=C\C/C=C\C/C=C\CCCCCCCCCCC(=O)OC(COC(=O)CCCCCCC/C=C\CCCCCC)COC(=O)CCCCCCCCCCCCCCCCCCCCCCCC. The van der Waals surface area contributed by atoms with Gasteiger partial charge in [-0.3, -0.25) is 14.4 Å². The summed E-state index contributed by atoms with van der Waals surface area (Å²) in [5.74, 6) is -0.875. The number of carbonyl (C=O) groups excluding carboxylic acids is 3. The lowest BCUT2D eigenvalue weighted by Crippen LogP contribution is -2.30. The number of ether oxygens (including phenoxy) is 3. The van der Waals surface area contributed by atoms with Crippen LogP contribution in [0.2, 0.25) is 0 Å². The first-order valence-electron chi connectivity index (χ1n) is 32.3. The second-order valence-electron chi connectivity index (χ2n) is 21.6. The maximum atomic E-state index is 12.9. The number of hydrogen-bond acceptors (Lipinski definition) is 6. The zero-order valence-corrected chi connectivity index (χ0v) is 49.4. The van der Waals surface area contributed by atoms with Crippen LogP contribution in [0.3, 0.4) is 0 Å². The fourth-order valence-corrected chi connectivity index (χ4v) is 9.43. The van der Waals surface area contributed by atoms with Crippen LogP contribution in [0.1, 0.15) is 335 Å². The number of unbranched alkanes of at least 4 members (excludes halogenated alkanes) is 38. The molecule has 0 radical (unpaired) electrons. The molecule has 0 aliphatic rings. The summed E-state index contributed by atoms with van der Waals surface area (Å²) in [6.45, 7) is 6.55. The second-order valence-corrected chi connectivity index (χ2v) is 21.6. The molecule has 0 fully saturated rings. The van der Waals surface area contributed by atoms with Crippen molar-refractivity contribution in [2.24, 2.45) is 0 Å². The Balaban J connectivity index is 4.31. The van der Waals surface area contributed by atoms with Gasteiger partial charge < -0.3 is 14.2 Å². The predicted molar refractivity (Wildman–Crippen MR) is 321 cm³/mol. The summed E-state index contributed by atoms with van der Waals surface area (Å²) < 4.78 is 16.9. The van der Waals surface area contributed by atoms with Crippen LogP contribution in [0.4, 0.5) is 0 Å². The van der Waals surface area contributed by atoms with Crippen LogP contribution >= 0.6 is 0 Å². The molecule has 0 spiro atoms. The number of allylic oxidation sites excluding steroid dienone is 10. The molecule has 6 heteroatoms. The van der Waals surface area contributed by atoms with Crippen molar-refractivity contribution in [2.75, 3.05) is 13.2 Å². The zero-order valence-electron chi connectivity index (χ0n) is 49.4. The fraction of sp³-hybridized carbons (Fsp3) is 0.809. The maximum Gasteiger partial charge on any atom is 0.306 e. The van der Waals surface area contributed by atoms with Crippen LogP contribution < -0.4 is 0 Å². The Morgan fingerprint density at radius 3 is 0.851 bits per heavy atom. The van der Waals surface area contributed by atoms with E-state index in [-0.39, 0.29) is 31.1 Å². The Bertz CT molecular complexity index is 1330. The van der Waals surface area contributed by atoms with Crippen molar-refractivity contribution < 1.29 is 28.6 Å². The average Bonchev–Trinajstić information content (AvgIpc) is 3.40. The molecule has 0 amide bonds. The molecule has 1 atom stereocenters. The van der Waals surface area contributed by atoms with Crippen LogP contribution in [-0.4, -0.2) is 37.2 Å². The van der Waals surface area contributed by atoms with Gasteiger partial charge >= 0.3 is 17.9 Å². The summed E-state index contributed by atoms with van der Waals surface area (Å²) in [6.07, 6.45) is 79.4. The molecule has 0 aliphatic carbocycles. The van der Waals surface area contributed by atoms with Crippen molar-refractivity contribution in [1.29, 1.82) is 0 Å². The Morgan fingerprint density at radius 1 is 0.284 bits per heavy atom. The minimum Gasteiger partial charge on any atom is -0.462 e. The lowest BCUT2D eigenvalue weighted by molar-refractivity contribution is -0.167. The topological polar surface area (TPSA) is 78.9 Å². The van der Waals surface area contributed by atoms with Crippen molar-refractivity contribution >= 4 is 17.9 Å². The van der Waals surface area contributed by atoms with Gasteiger partial charge in [-0.2, -0.15) is 0 Å². The highest BCUT2D eigenvalue weighted by molar-refractivity contribution is 5.71. The second kappa shape index (κ2) is 62.6. The van der Waals surface area contributed by atoms with Gasteiger partial charge in [-0.1, -0.05) is 293 Å². The molecule has 0 rings (SSSR count). The summed E-state index contributed by atoms with van der Waals surface area (Å²) in [5.41, 5.74) is 0. The van der Waals surface area contributed by atoms with E-state index in [1.54, 1.807) is 0 Å². The molecule has 0 aromatic rings. The molecule has 0 aliphatic heterocycles. The molecule has 6 nitrogen and oxygen atoms in total. The van der Waals surface area contributed by atoms with Crippen molar-refractivity contribution in [1.82, 2.24) is 0 Å². The van der Waals surface area contributed by atoms with E-state index >= 15 is 0 Å². The van der Waals surface area contributed by atoms with Crippen molar-refractivity contribution in [3.63, 3.8) is 0 Å². The minimum atomic E-state index is -0.781. The molecule has 430 valence electrons. The number of esters is 3. The van der Waals surface area contributed by atoms with E-state index in [0.717, 1.165) is 96.3 Å². The standard InChI is InChI=1S/C68H122O6/c1-4-7-10-13-16-19-22-25-27-29-31-33-35-36-38-40-43-46-49-52-55-58-61-67(70)73-64-65(63-72-66(69)60-57-54-51-48-45-42-24-21-18-15-12-9-6-3)74-68(71)62-59-56-53-50-47-44-41-39-37-34-32-30-28-26-23-20-17-14-11-8-5-2/h8,11,17,20-21,24,26,28,32,34,65H,4-7,9-10,12-16,18-19,22-23,25,27,29-31,33,35-64H2,1-3H3/b11-8-,20-17-,24-21-,28-26-,34-32-. The quantitative estimate of drug-likeness (QED) is 0.0261. The van der Waals surface area contributed by atoms with E-state index in [1.165, 1.54) is 199 Å². The van der Waals surface area contributed by atoms with Gasteiger partial charge in [0.1, 0.15) is 13.2 Å². The summed E-state index contributed by atoms with van der Waals surface area (Å²) in [5, 5.41) is 0. The highest BCUT2D eigenvalue weighted by Gasteiger charge is 2.19. The Kier molecular flexibility index (Phi) is 60.2. The van der Waals surface area contributed by atoms with Gasteiger partial charge in [0.15, 0.2) is 6.10 Å². The molecular formula is C68H122O6. The third-order valence-corrected chi connectivity index (χ3v) is 14.3. The first-order chi connectivity index (χ1) is 36.5. The van der Waals surface area contributed by atoms with Gasteiger partial charge in [-0.15, -0.1) is 0 Å². The molecule has 0 N–H and O–H groups in total. The average molecular weight is 1040 g/mol. The normalized spacial score (nSPS) is 12.4. The Labute approximate surface area is 460 Å². The van der Waals surface area contributed by atoms with E-state index in [1.807, 2.05) is 0 Å². The maximum absolute atomic E-state index is 12.9. The van der Waals surface area contributed by atoms with Gasteiger partial charge in [-0.05, 0) is 83.5 Å². The third-order valence-electron chi connectivity index (χ3n) is 14.3. The Hall–Kier alpha value is -2.89. The number of rotatable bonds is 59. The molecule has 74 heavy (non-hydrogen) atoms. The van der Waals surface area contributed by atoms with E-state index in [4.69, 9.17) is 14.2 Å². The van der Waals surface area contributed by atoms with Gasteiger partial charge in [-0.25, -0.2) is 0 Å². The van der Waals surface area contributed by atoms with Gasteiger partial charge in [0, 0.05) is 19.3 Å². The fourth-order valence-electron chi connectivity index (χ4n) is 9.43. The van der Waals surface area contributed by atoms with Crippen molar-refractivity contribution in [3.05, 3.63) is 60.8 Å². The van der Waals surface area contributed by atoms with E-state index in [2.05, 4.69) is 81.5 Å². The zero-order chi connectivity index (χ0) is 53.6. The van der Waals surface area contributed by atoms with E-state index in [9.17, 15) is 14.4 Å². The van der Waals surface area contributed by atoms with Crippen molar-refractivity contribution in [2.45, 2.75) is 341 Å². The van der Waals surface area contributed by atoms with Crippen LogP contribution in [0.25, 0.3) is 0 Å². The lowest BCUT2D eigenvalue weighted by Gasteiger charge is -2.18. The molecule has 0 bridgehead atoms. The lowest BCUT2D eigenvalue weighted by atomic mass is 10.0. The molecular weight excluding hydrogens is 913 g/mol. The molecule has 0 aromatic heterocycles. The molecule has 0 aromatic carbocycles. The third kappa shape index (κ3) is 60.0. The number of hydrogen-bond donors (Lipinski definition) is 0. The van der Waals surface area contributed by atoms with Gasteiger partial charge in [0.25, 0.3) is 0 Å². The van der Waals surface area contributed by atoms with Crippen LogP contribution in [0, 0.1) is 0 Å². The molecule has 1 unspecified atom stereocenters. The highest BCUT2D eigenvalue weighted by atomic mass is 16.6.